The van der Waals surface area contributed by atoms with Gasteiger partial charge in [-0.3, -0.25) is 0 Å². The molecule has 0 spiro atoms. The van der Waals surface area contributed by atoms with E-state index in [9.17, 15) is 0 Å². The van der Waals surface area contributed by atoms with Gasteiger partial charge in [-0.2, -0.15) is 4.57 Å². The van der Waals surface area contributed by atoms with E-state index >= 15 is 0 Å². The molecule has 0 radical (unpaired) electrons. The van der Waals surface area contributed by atoms with Crippen LogP contribution < -0.4 is 26.4 Å². The molecule has 1 heterocycles. The Hall–Kier alpha value is -3.17. The molecule has 5 aromatic rings. The van der Waals surface area contributed by atoms with E-state index in [2.05, 4.69) is 130 Å². The van der Waals surface area contributed by atoms with Crippen molar-refractivity contribution in [2.45, 2.75) is 27.7 Å². The highest BCUT2D eigenvalue weighted by Crippen LogP contribution is 2.40. The average molecular weight is 512 g/mol. The Morgan fingerprint density at radius 1 is 0.618 bits per heavy atom. The summed E-state index contributed by atoms with van der Waals surface area (Å²) in [5, 5.41) is 2.60. The van der Waals surface area contributed by atoms with E-state index in [1.807, 2.05) is 0 Å². The van der Waals surface area contributed by atoms with Crippen LogP contribution in [0.4, 0.5) is 5.69 Å². The lowest BCUT2D eigenvalue weighted by Gasteiger charge is -2.19. The zero-order chi connectivity index (χ0) is 23.3. The van der Waals surface area contributed by atoms with Crippen molar-refractivity contribution in [1.82, 2.24) is 0 Å². The molecule has 0 aliphatic heterocycles. The summed E-state index contributed by atoms with van der Waals surface area (Å²) < 4.78 is 2.42. The molecule has 0 unspecified atom stereocenters. The van der Waals surface area contributed by atoms with Gasteiger partial charge < -0.3 is 21.9 Å². The number of rotatable bonds is 3. The Morgan fingerprint density at radius 2 is 1.29 bits per heavy atom. The molecule has 0 aliphatic carbocycles. The van der Waals surface area contributed by atoms with Gasteiger partial charge in [0, 0.05) is 49.6 Å². The minimum absolute atomic E-state index is 0. The highest BCUT2D eigenvalue weighted by molar-refractivity contribution is 6.10. The summed E-state index contributed by atoms with van der Waals surface area (Å²) in [6.45, 7) is 8.92. The Bertz CT molecular complexity index is 1500. The van der Waals surface area contributed by atoms with Crippen molar-refractivity contribution >= 4 is 27.5 Å². The first-order valence-electron chi connectivity index (χ1n) is 11.6. The van der Waals surface area contributed by atoms with Crippen molar-refractivity contribution in [3.63, 3.8) is 0 Å². The van der Waals surface area contributed by atoms with Crippen molar-refractivity contribution in [2.24, 2.45) is 0 Å². The fourth-order valence-corrected chi connectivity index (χ4v) is 5.31. The zero-order valence-corrected chi connectivity index (χ0v) is 22.4. The Balaban J connectivity index is 0.00000274. The van der Waals surface area contributed by atoms with Crippen molar-refractivity contribution in [3.05, 3.63) is 101 Å². The molecule has 1 aromatic heterocycles. The van der Waals surface area contributed by atoms with E-state index in [0.29, 0.717) is 0 Å². The SMILES string of the molecule is Cc1cc(C)c(-c2c3ccc(N(C)C)cc3[n+](-c3ccccc3)c3cccc(C)c23)c(C)c1.[Br-]. The minimum Gasteiger partial charge on any atom is -1.00 e. The standard InChI is InChI=1S/C31H31N2.BrH/c1-20-17-22(3)29(23(4)18-20)31-26-16-15-25(32(5)6)19-28(26)33(24-12-8-7-9-13-24)27-14-10-11-21(2)30(27)31;/h7-19H,1-6H3;1H/q+1;/p-1. The third-order valence-corrected chi connectivity index (χ3v) is 6.69. The van der Waals surface area contributed by atoms with Crippen molar-refractivity contribution in [3.8, 4) is 16.8 Å². The quantitative estimate of drug-likeness (QED) is 0.260. The topological polar surface area (TPSA) is 7.12 Å². The molecule has 4 aromatic carbocycles. The number of nitrogens with zero attached hydrogens (tertiary/aromatic N) is 2. The molecule has 0 saturated heterocycles. The van der Waals surface area contributed by atoms with Gasteiger partial charge in [-0.25, -0.2) is 0 Å². The van der Waals surface area contributed by atoms with Crippen LogP contribution in [0.25, 0.3) is 38.6 Å². The van der Waals surface area contributed by atoms with Gasteiger partial charge >= 0.3 is 0 Å². The molecule has 34 heavy (non-hydrogen) atoms. The maximum atomic E-state index is 2.42. The van der Waals surface area contributed by atoms with Crippen LogP contribution in [-0.2, 0) is 0 Å². The lowest BCUT2D eigenvalue weighted by molar-refractivity contribution is -0.537. The molecule has 172 valence electrons. The first kappa shape index (κ1) is 24.0. The fraction of sp³-hybridized carbons (Fsp3) is 0.194. The highest BCUT2D eigenvalue weighted by Gasteiger charge is 2.26. The molecule has 0 amide bonds. The van der Waals surface area contributed by atoms with Crippen LogP contribution in [-0.4, -0.2) is 14.1 Å². The highest BCUT2D eigenvalue weighted by atomic mass is 79.9. The second kappa shape index (κ2) is 9.23. The summed E-state index contributed by atoms with van der Waals surface area (Å²) in [7, 11) is 4.21. The molecule has 0 fully saturated rings. The number of benzene rings is 4. The molecule has 3 heteroatoms. The predicted molar refractivity (Wildman–Crippen MR) is 142 cm³/mol. The third-order valence-electron chi connectivity index (χ3n) is 6.69. The predicted octanol–water partition coefficient (Wildman–Crippen LogP) is 4.24. The minimum atomic E-state index is 0. The normalized spacial score (nSPS) is 11.0. The molecular formula is C31H31BrN2. The summed E-state index contributed by atoms with van der Waals surface area (Å²) in [4.78, 5) is 2.18. The van der Waals surface area contributed by atoms with Crippen LogP contribution in [0.5, 0.6) is 0 Å². The first-order valence-corrected chi connectivity index (χ1v) is 11.6. The second-order valence-electron chi connectivity index (χ2n) is 9.38. The van der Waals surface area contributed by atoms with Crippen LogP contribution in [0.15, 0.2) is 78.9 Å². The monoisotopic (exact) mass is 510 g/mol. The molecule has 0 bridgehead atoms. The van der Waals surface area contributed by atoms with Gasteiger partial charge in [0.15, 0.2) is 0 Å². The number of hydrogen-bond donors (Lipinski definition) is 0. The van der Waals surface area contributed by atoms with Crippen LogP contribution in [0.2, 0.25) is 0 Å². The second-order valence-corrected chi connectivity index (χ2v) is 9.38. The van der Waals surface area contributed by atoms with Crippen molar-refractivity contribution in [1.29, 1.82) is 0 Å². The van der Waals surface area contributed by atoms with E-state index in [4.69, 9.17) is 0 Å². The van der Waals surface area contributed by atoms with Crippen LogP contribution in [0.1, 0.15) is 22.3 Å². The van der Waals surface area contributed by atoms with Crippen molar-refractivity contribution in [2.75, 3.05) is 19.0 Å². The van der Waals surface area contributed by atoms with E-state index in [0.717, 1.165) is 0 Å². The smallest absolute Gasteiger partial charge is 0.221 e. The molecule has 0 N–H and O–H groups in total. The van der Waals surface area contributed by atoms with Gasteiger partial charge in [0.25, 0.3) is 0 Å². The number of hydrogen-bond acceptors (Lipinski definition) is 1. The molecule has 0 aliphatic rings. The lowest BCUT2D eigenvalue weighted by Crippen LogP contribution is -3.00. The molecule has 0 atom stereocenters. The Kier molecular flexibility index (Phi) is 6.51. The van der Waals surface area contributed by atoms with Crippen LogP contribution in [0.3, 0.4) is 0 Å². The first-order chi connectivity index (χ1) is 15.9. The lowest BCUT2D eigenvalue weighted by atomic mass is 9.87. The van der Waals surface area contributed by atoms with E-state index in [-0.39, 0.29) is 17.0 Å². The summed E-state index contributed by atoms with van der Waals surface area (Å²) in [5.41, 5.74) is 12.8. The number of aromatic nitrogens is 1. The number of anilines is 1. The largest absolute Gasteiger partial charge is 1.00 e. The number of pyridine rings is 1. The van der Waals surface area contributed by atoms with E-state index in [1.54, 1.807) is 0 Å². The van der Waals surface area contributed by atoms with E-state index in [1.165, 1.54) is 66.6 Å². The van der Waals surface area contributed by atoms with Gasteiger partial charge in [-0.05, 0) is 62.1 Å². The van der Waals surface area contributed by atoms with Gasteiger partial charge in [0.1, 0.15) is 0 Å². The molecule has 0 saturated carbocycles. The molecular weight excluding hydrogens is 480 g/mol. The average Bonchev–Trinajstić information content (AvgIpc) is 2.78. The number of fused-ring (bicyclic) bond motifs is 2. The summed E-state index contributed by atoms with van der Waals surface area (Å²) in [6, 6.07) is 28.9. The number of halogens is 1. The molecule has 2 nitrogen and oxygen atoms in total. The van der Waals surface area contributed by atoms with Crippen LogP contribution in [0, 0.1) is 27.7 Å². The van der Waals surface area contributed by atoms with Crippen molar-refractivity contribution < 1.29 is 21.5 Å². The van der Waals surface area contributed by atoms with Gasteiger partial charge in [-0.1, -0.05) is 48.0 Å². The van der Waals surface area contributed by atoms with Gasteiger partial charge in [0.05, 0.1) is 10.8 Å². The summed E-state index contributed by atoms with van der Waals surface area (Å²) in [5.74, 6) is 0. The number of para-hydroxylation sites is 1. The van der Waals surface area contributed by atoms with Gasteiger partial charge in [0.2, 0.25) is 16.7 Å². The fourth-order valence-electron chi connectivity index (χ4n) is 5.31. The summed E-state index contributed by atoms with van der Waals surface area (Å²) in [6.07, 6.45) is 0. The summed E-state index contributed by atoms with van der Waals surface area (Å²) >= 11 is 0. The van der Waals surface area contributed by atoms with Crippen LogP contribution >= 0.6 is 0 Å². The Labute approximate surface area is 213 Å². The Morgan fingerprint density at radius 3 is 1.94 bits per heavy atom. The van der Waals surface area contributed by atoms with E-state index < -0.39 is 0 Å². The maximum absolute atomic E-state index is 2.42. The molecule has 5 rings (SSSR count). The third kappa shape index (κ3) is 3.88. The zero-order valence-electron chi connectivity index (χ0n) is 20.8. The number of aryl methyl sites for hydroxylation is 4. The van der Waals surface area contributed by atoms with Gasteiger partial charge in [-0.15, -0.1) is 0 Å². The maximum Gasteiger partial charge on any atom is 0.221 e.